The number of nitrogens with one attached hydrogen (secondary N) is 1. The third-order valence-electron chi connectivity index (χ3n) is 4.45. The Bertz CT molecular complexity index is 695. The third-order valence-corrected chi connectivity index (χ3v) is 4.45. The van der Waals surface area contributed by atoms with E-state index in [1.165, 1.54) is 0 Å². The number of carbonyl (C=O) groups excluding carboxylic acids is 1. The van der Waals surface area contributed by atoms with Crippen molar-refractivity contribution in [3.8, 4) is 11.5 Å². The molecule has 0 radical (unpaired) electrons. The molecule has 5 nitrogen and oxygen atoms in total. The van der Waals surface area contributed by atoms with Crippen LogP contribution in [-0.4, -0.2) is 21.6 Å². The summed E-state index contributed by atoms with van der Waals surface area (Å²) in [5.74, 6) is 1.18. The number of hydrogen-bond acceptors (Lipinski definition) is 4. The van der Waals surface area contributed by atoms with E-state index >= 15 is 0 Å². The predicted octanol–water partition coefficient (Wildman–Crippen LogP) is 3.59. The molecule has 1 amide bonds. The fraction of sp³-hybridized carbons (Fsp3) is 0.444. The number of benzene rings is 1. The van der Waals surface area contributed by atoms with Crippen molar-refractivity contribution in [1.29, 1.82) is 0 Å². The van der Waals surface area contributed by atoms with Gasteiger partial charge in [0.2, 0.25) is 11.8 Å². The molecule has 23 heavy (non-hydrogen) atoms. The molecule has 1 aliphatic carbocycles. The van der Waals surface area contributed by atoms with Crippen molar-refractivity contribution in [2.45, 2.75) is 51.6 Å². The Morgan fingerprint density at radius 3 is 2.74 bits per heavy atom. The van der Waals surface area contributed by atoms with Gasteiger partial charge < -0.3 is 14.8 Å². The molecule has 0 unspecified atom stereocenters. The van der Waals surface area contributed by atoms with Crippen LogP contribution < -0.4 is 5.32 Å². The summed E-state index contributed by atoms with van der Waals surface area (Å²) in [5, 5.41) is 13.2. The molecular weight excluding hydrogens is 292 g/mol. The first-order valence-electron chi connectivity index (χ1n) is 8.02. The zero-order valence-electron chi connectivity index (χ0n) is 13.6. The molecule has 3 rings (SSSR count). The van der Waals surface area contributed by atoms with Crippen molar-refractivity contribution in [2.24, 2.45) is 0 Å². The summed E-state index contributed by atoms with van der Waals surface area (Å²) in [4.78, 5) is 16.5. The van der Waals surface area contributed by atoms with Gasteiger partial charge in [0.1, 0.15) is 5.76 Å². The van der Waals surface area contributed by atoms with E-state index in [1.54, 1.807) is 0 Å². The summed E-state index contributed by atoms with van der Waals surface area (Å²) >= 11 is 0. The number of nitrogens with zero attached hydrogens (tertiary/aromatic N) is 1. The zero-order chi connectivity index (χ0) is 16.4. The van der Waals surface area contributed by atoms with Crippen LogP contribution in [0.2, 0.25) is 0 Å². The van der Waals surface area contributed by atoms with Crippen molar-refractivity contribution in [1.82, 2.24) is 4.98 Å². The lowest BCUT2D eigenvalue weighted by molar-refractivity contribution is -0.120. The number of aliphatic hydroxyl groups is 1. The van der Waals surface area contributed by atoms with Crippen LogP contribution in [-0.2, 0) is 4.79 Å². The van der Waals surface area contributed by atoms with E-state index in [9.17, 15) is 9.90 Å². The molecule has 0 saturated heterocycles. The van der Waals surface area contributed by atoms with Gasteiger partial charge in [-0.15, -0.1) is 0 Å². The van der Waals surface area contributed by atoms with E-state index < -0.39 is 5.60 Å². The van der Waals surface area contributed by atoms with E-state index in [-0.39, 0.29) is 12.3 Å². The van der Waals surface area contributed by atoms with Gasteiger partial charge in [0, 0.05) is 11.3 Å². The lowest BCUT2D eigenvalue weighted by Crippen LogP contribution is -2.30. The molecule has 1 heterocycles. The van der Waals surface area contributed by atoms with Crippen molar-refractivity contribution >= 4 is 11.6 Å². The van der Waals surface area contributed by atoms with Crippen LogP contribution in [0.4, 0.5) is 5.69 Å². The first-order chi connectivity index (χ1) is 11.0. The first kappa shape index (κ1) is 15.7. The fourth-order valence-corrected chi connectivity index (χ4v) is 3.04. The summed E-state index contributed by atoms with van der Waals surface area (Å²) in [6, 6.07) is 7.40. The molecule has 0 bridgehead atoms. The molecule has 1 aromatic carbocycles. The summed E-state index contributed by atoms with van der Waals surface area (Å²) in [5.41, 5.74) is 1.53. The molecule has 5 heteroatoms. The van der Waals surface area contributed by atoms with Crippen LogP contribution in [0.25, 0.3) is 11.5 Å². The Morgan fingerprint density at radius 1 is 1.35 bits per heavy atom. The maximum Gasteiger partial charge on any atom is 0.227 e. The molecule has 2 aromatic rings. The van der Waals surface area contributed by atoms with Gasteiger partial charge in [0.25, 0.3) is 0 Å². The monoisotopic (exact) mass is 314 g/mol. The van der Waals surface area contributed by atoms with Crippen molar-refractivity contribution in [2.75, 3.05) is 5.32 Å². The molecule has 1 saturated carbocycles. The quantitative estimate of drug-likeness (QED) is 0.904. The molecule has 1 aliphatic rings. The van der Waals surface area contributed by atoms with Gasteiger partial charge in [-0.25, -0.2) is 4.98 Å². The number of amides is 1. The minimum absolute atomic E-state index is 0.147. The number of aromatic nitrogens is 1. The summed E-state index contributed by atoms with van der Waals surface area (Å²) in [7, 11) is 0. The van der Waals surface area contributed by atoms with Crippen LogP contribution in [0.5, 0.6) is 0 Å². The fourth-order valence-electron chi connectivity index (χ4n) is 3.04. The lowest BCUT2D eigenvalue weighted by atomic mass is 9.97. The number of aryl methyl sites for hydroxylation is 2. The van der Waals surface area contributed by atoms with E-state index in [1.807, 2.05) is 38.1 Å². The lowest BCUT2D eigenvalue weighted by Gasteiger charge is -2.21. The van der Waals surface area contributed by atoms with Crippen LogP contribution in [0.15, 0.2) is 28.7 Å². The highest BCUT2D eigenvalue weighted by Crippen LogP contribution is 2.32. The number of hydrogen-bond donors (Lipinski definition) is 2. The summed E-state index contributed by atoms with van der Waals surface area (Å²) in [6.45, 7) is 3.77. The number of anilines is 1. The van der Waals surface area contributed by atoms with E-state index in [4.69, 9.17) is 4.42 Å². The molecular formula is C18H22N2O3. The molecule has 1 aromatic heterocycles. The average Bonchev–Trinajstić information content (AvgIpc) is 3.06. The van der Waals surface area contributed by atoms with Gasteiger partial charge in [-0.3, -0.25) is 4.79 Å². The largest absolute Gasteiger partial charge is 0.441 e. The molecule has 1 fully saturated rings. The highest BCUT2D eigenvalue weighted by molar-refractivity contribution is 5.92. The normalized spacial score (nSPS) is 16.5. The molecule has 0 aliphatic heterocycles. The average molecular weight is 314 g/mol. The van der Waals surface area contributed by atoms with Gasteiger partial charge in [-0.1, -0.05) is 18.9 Å². The van der Waals surface area contributed by atoms with Crippen molar-refractivity contribution < 1.29 is 14.3 Å². The maximum atomic E-state index is 12.2. The molecule has 122 valence electrons. The highest BCUT2D eigenvalue weighted by Gasteiger charge is 2.33. The third kappa shape index (κ3) is 3.62. The van der Waals surface area contributed by atoms with Gasteiger partial charge in [-0.05, 0) is 44.9 Å². The first-order valence-corrected chi connectivity index (χ1v) is 8.02. The minimum Gasteiger partial charge on any atom is -0.441 e. The van der Waals surface area contributed by atoms with Gasteiger partial charge in [0.05, 0.1) is 17.7 Å². The second kappa shape index (κ2) is 6.16. The second-order valence-corrected chi connectivity index (χ2v) is 6.40. The zero-order valence-corrected chi connectivity index (χ0v) is 13.6. The Balaban J connectivity index is 1.71. The Labute approximate surface area is 135 Å². The molecule has 2 N–H and O–H groups in total. The van der Waals surface area contributed by atoms with Crippen LogP contribution in [0, 0.1) is 13.8 Å². The van der Waals surface area contributed by atoms with Crippen molar-refractivity contribution in [3.63, 3.8) is 0 Å². The van der Waals surface area contributed by atoms with Crippen LogP contribution in [0.3, 0.4) is 0 Å². The number of carbonyl (C=O) groups is 1. The van der Waals surface area contributed by atoms with Gasteiger partial charge in [-0.2, -0.15) is 0 Å². The van der Waals surface area contributed by atoms with Crippen LogP contribution >= 0.6 is 0 Å². The maximum absolute atomic E-state index is 12.2. The predicted molar refractivity (Wildman–Crippen MR) is 88.1 cm³/mol. The minimum atomic E-state index is -0.835. The second-order valence-electron chi connectivity index (χ2n) is 6.40. The van der Waals surface area contributed by atoms with Crippen molar-refractivity contribution in [3.05, 3.63) is 35.7 Å². The Hall–Kier alpha value is -2.14. The standard InChI is InChI=1S/C18H22N2O3/c1-12-13(2)23-17(19-12)14-6-5-7-15(10-14)20-16(21)11-18(22)8-3-4-9-18/h5-7,10,22H,3-4,8-9,11H2,1-2H3,(H,20,21). The molecule has 0 spiro atoms. The Morgan fingerprint density at radius 2 is 2.09 bits per heavy atom. The highest BCUT2D eigenvalue weighted by atomic mass is 16.4. The number of rotatable bonds is 4. The number of oxazole rings is 1. The summed E-state index contributed by atoms with van der Waals surface area (Å²) in [6.07, 6.45) is 3.53. The molecule has 0 atom stereocenters. The Kier molecular flexibility index (Phi) is 4.22. The van der Waals surface area contributed by atoms with E-state index in [0.29, 0.717) is 24.4 Å². The van der Waals surface area contributed by atoms with E-state index in [2.05, 4.69) is 10.3 Å². The smallest absolute Gasteiger partial charge is 0.227 e. The summed E-state index contributed by atoms with van der Waals surface area (Å²) < 4.78 is 5.62. The van der Waals surface area contributed by atoms with Gasteiger partial charge >= 0.3 is 0 Å². The van der Waals surface area contributed by atoms with Crippen LogP contribution in [0.1, 0.15) is 43.6 Å². The van der Waals surface area contributed by atoms with E-state index in [0.717, 1.165) is 29.9 Å². The van der Waals surface area contributed by atoms with Gasteiger partial charge in [0.15, 0.2) is 0 Å². The topological polar surface area (TPSA) is 75.4 Å². The SMILES string of the molecule is Cc1nc(-c2cccc(NC(=O)CC3(O)CCCC3)c2)oc1C.